The van der Waals surface area contributed by atoms with Gasteiger partial charge in [-0.2, -0.15) is 4.98 Å². The Morgan fingerprint density at radius 2 is 1.82 bits per heavy atom. The van der Waals surface area contributed by atoms with E-state index in [1.807, 2.05) is 24.3 Å². The maximum absolute atomic E-state index is 6.05. The van der Waals surface area contributed by atoms with Crippen molar-refractivity contribution in [3.63, 3.8) is 0 Å². The van der Waals surface area contributed by atoms with Gasteiger partial charge in [-0.15, -0.1) is 0 Å². The Morgan fingerprint density at radius 3 is 2.67 bits per heavy atom. The molecule has 0 spiro atoms. The zero-order valence-corrected chi connectivity index (χ0v) is 22.7. The third-order valence-electron chi connectivity index (χ3n) is 9.29. The molecule has 8 rings (SSSR count). The minimum atomic E-state index is 0.508. The van der Waals surface area contributed by atoms with E-state index in [-0.39, 0.29) is 0 Å². The first-order valence-corrected chi connectivity index (χ1v) is 14.6. The summed E-state index contributed by atoms with van der Waals surface area (Å²) in [5, 5.41) is 6.69. The van der Waals surface area contributed by atoms with Crippen molar-refractivity contribution in [1.82, 2.24) is 19.9 Å². The molecule has 1 saturated heterocycles. The van der Waals surface area contributed by atoms with E-state index in [1.165, 1.54) is 56.5 Å². The van der Waals surface area contributed by atoms with Crippen LogP contribution < -0.4 is 20.1 Å². The number of aromatic nitrogens is 3. The zero-order valence-electron chi connectivity index (χ0n) is 22.7. The molecule has 4 atom stereocenters. The molecule has 8 heteroatoms. The maximum atomic E-state index is 6.05. The van der Waals surface area contributed by atoms with Crippen LogP contribution >= 0.6 is 0 Å². The highest BCUT2D eigenvalue weighted by molar-refractivity contribution is 5.61. The Bertz CT molecular complexity index is 1330. The van der Waals surface area contributed by atoms with Gasteiger partial charge in [0.2, 0.25) is 5.95 Å². The molecule has 4 aliphatic carbocycles. The van der Waals surface area contributed by atoms with E-state index in [0.717, 1.165) is 60.3 Å². The lowest BCUT2D eigenvalue weighted by molar-refractivity contribution is -0.0406. The van der Waals surface area contributed by atoms with Gasteiger partial charge >= 0.3 is 0 Å². The van der Waals surface area contributed by atoms with Crippen molar-refractivity contribution < 1.29 is 9.47 Å². The van der Waals surface area contributed by atoms with Crippen LogP contribution in [-0.2, 0) is 6.42 Å². The number of pyridine rings is 1. The average Bonchev–Trinajstić information content (AvgIpc) is 3.26. The van der Waals surface area contributed by atoms with E-state index < -0.39 is 0 Å². The number of benzene rings is 1. The predicted molar refractivity (Wildman–Crippen MR) is 152 cm³/mol. The summed E-state index contributed by atoms with van der Waals surface area (Å²) in [5.74, 6) is 6.98. The molecule has 1 aliphatic heterocycles. The molecule has 0 amide bonds. The summed E-state index contributed by atoms with van der Waals surface area (Å²) in [6.45, 7) is 4.20. The van der Waals surface area contributed by atoms with Crippen LogP contribution in [0, 0.1) is 17.8 Å². The van der Waals surface area contributed by atoms with Gasteiger partial charge in [0.15, 0.2) is 11.5 Å². The van der Waals surface area contributed by atoms with E-state index in [1.54, 1.807) is 13.3 Å². The standard InChI is InChI=1S/C31H38N6O2/c1-38-28-18-21(6-8-27(28)39-15-5-14-37-12-3-2-4-13-37)33-31-32-11-10-30(36-31)35-29-9-7-22-25-19-23-20(16-24(23)25)17-26(22)34-29/h6-11,18,20,23-25H,2-5,12-17,19H2,1H3,(H2,32,33,34,35,36). The van der Waals surface area contributed by atoms with Gasteiger partial charge in [-0.3, -0.25) is 0 Å². The fourth-order valence-corrected chi connectivity index (χ4v) is 7.15. The summed E-state index contributed by atoms with van der Waals surface area (Å²) in [6, 6.07) is 12.1. The lowest BCUT2D eigenvalue weighted by Crippen LogP contribution is -2.48. The topological polar surface area (TPSA) is 84.4 Å². The van der Waals surface area contributed by atoms with E-state index in [4.69, 9.17) is 14.5 Å². The van der Waals surface area contributed by atoms with Crippen molar-refractivity contribution >= 4 is 23.3 Å². The van der Waals surface area contributed by atoms with Gasteiger partial charge < -0.3 is 25.0 Å². The molecule has 1 aromatic carbocycles. The SMILES string of the molecule is COc1cc(Nc2nccc(Nc3ccc4c(n3)CC3CC5C4CC35)n2)ccc1OCCCN1CCCCC1. The second kappa shape index (κ2) is 10.6. The van der Waals surface area contributed by atoms with Crippen molar-refractivity contribution in [2.24, 2.45) is 17.8 Å². The molecule has 2 aromatic heterocycles. The number of hydrogen-bond donors (Lipinski definition) is 2. The molecule has 39 heavy (non-hydrogen) atoms. The molecule has 2 saturated carbocycles. The number of anilines is 4. The van der Waals surface area contributed by atoms with Gasteiger partial charge in [0, 0.05) is 30.2 Å². The molecule has 204 valence electrons. The molecule has 3 fully saturated rings. The van der Waals surface area contributed by atoms with Gasteiger partial charge in [0.05, 0.1) is 13.7 Å². The summed E-state index contributed by atoms with van der Waals surface area (Å²) in [7, 11) is 1.67. The molecule has 4 unspecified atom stereocenters. The number of methoxy groups -OCH3 is 1. The summed E-state index contributed by atoms with van der Waals surface area (Å²) < 4.78 is 11.7. The normalized spacial score (nSPS) is 24.9. The Balaban J connectivity index is 0.969. The van der Waals surface area contributed by atoms with Crippen molar-refractivity contribution in [2.75, 3.05) is 44.0 Å². The van der Waals surface area contributed by atoms with Crippen LogP contribution in [0.15, 0.2) is 42.6 Å². The quantitative estimate of drug-likeness (QED) is 0.315. The molecule has 5 aliphatic rings. The van der Waals surface area contributed by atoms with Crippen LogP contribution in [0.5, 0.6) is 11.5 Å². The predicted octanol–water partition coefficient (Wildman–Crippen LogP) is 5.92. The average molecular weight is 527 g/mol. The van der Waals surface area contributed by atoms with E-state index in [9.17, 15) is 0 Å². The first kappa shape index (κ1) is 24.6. The Hall–Kier alpha value is -3.39. The van der Waals surface area contributed by atoms with Crippen LogP contribution in [-0.4, -0.2) is 53.2 Å². The van der Waals surface area contributed by atoms with Gasteiger partial charge in [-0.05, 0) is 105 Å². The third-order valence-corrected chi connectivity index (χ3v) is 9.29. The van der Waals surface area contributed by atoms with E-state index in [2.05, 4.69) is 37.6 Å². The number of ether oxygens (including phenoxy) is 2. The van der Waals surface area contributed by atoms with E-state index >= 15 is 0 Å². The Morgan fingerprint density at radius 1 is 0.923 bits per heavy atom. The highest BCUT2D eigenvalue weighted by Crippen LogP contribution is 2.65. The lowest BCUT2D eigenvalue weighted by Gasteiger charge is -2.56. The molecular formula is C31H38N6O2. The number of piperidine rings is 1. The summed E-state index contributed by atoms with van der Waals surface area (Å²) in [6.07, 6.45) is 10.7. The van der Waals surface area contributed by atoms with Gasteiger partial charge in [-0.25, -0.2) is 9.97 Å². The fourth-order valence-electron chi connectivity index (χ4n) is 7.15. The lowest BCUT2D eigenvalue weighted by atomic mass is 9.48. The van der Waals surface area contributed by atoms with Crippen LogP contribution in [0.4, 0.5) is 23.3 Å². The smallest absolute Gasteiger partial charge is 0.229 e. The first-order valence-electron chi connectivity index (χ1n) is 14.6. The number of rotatable bonds is 10. The highest BCUT2D eigenvalue weighted by Gasteiger charge is 2.56. The van der Waals surface area contributed by atoms with Gasteiger partial charge in [0.25, 0.3) is 0 Å². The second-order valence-corrected chi connectivity index (χ2v) is 11.6. The van der Waals surface area contributed by atoms with Crippen LogP contribution in [0.2, 0.25) is 0 Å². The van der Waals surface area contributed by atoms with Crippen LogP contribution in [0.25, 0.3) is 0 Å². The monoisotopic (exact) mass is 526 g/mol. The Kier molecular flexibility index (Phi) is 6.72. The first-order chi connectivity index (χ1) is 19.2. The number of hydrogen-bond acceptors (Lipinski definition) is 8. The molecule has 0 radical (unpaired) electrons. The largest absolute Gasteiger partial charge is 0.493 e. The molecule has 2 N–H and O–H groups in total. The molecular weight excluding hydrogens is 488 g/mol. The fraction of sp³-hybridized carbons (Fsp3) is 0.516. The van der Waals surface area contributed by atoms with Gasteiger partial charge in [-0.1, -0.05) is 12.5 Å². The third kappa shape index (κ3) is 5.02. The molecule has 4 bridgehead atoms. The van der Waals surface area contributed by atoms with Crippen molar-refractivity contribution in [2.45, 2.75) is 50.9 Å². The summed E-state index contributed by atoms with van der Waals surface area (Å²) in [4.78, 5) is 16.6. The maximum Gasteiger partial charge on any atom is 0.229 e. The van der Waals surface area contributed by atoms with Crippen molar-refractivity contribution in [1.29, 1.82) is 0 Å². The number of nitrogens with one attached hydrogen (secondary N) is 2. The summed E-state index contributed by atoms with van der Waals surface area (Å²) >= 11 is 0. The molecule has 8 nitrogen and oxygen atoms in total. The number of nitrogens with zero attached hydrogens (tertiary/aromatic N) is 4. The molecule has 3 aromatic rings. The highest BCUT2D eigenvalue weighted by atomic mass is 16.5. The number of likely N-dealkylation sites (tertiary alicyclic amines) is 1. The van der Waals surface area contributed by atoms with Crippen molar-refractivity contribution in [3.05, 3.63) is 53.9 Å². The van der Waals surface area contributed by atoms with E-state index in [0.29, 0.717) is 24.1 Å². The zero-order chi connectivity index (χ0) is 26.2. The second-order valence-electron chi connectivity index (χ2n) is 11.6. The van der Waals surface area contributed by atoms with Crippen LogP contribution in [0.3, 0.4) is 0 Å². The minimum absolute atomic E-state index is 0.508. The summed E-state index contributed by atoms with van der Waals surface area (Å²) in [5.41, 5.74) is 3.60. The van der Waals surface area contributed by atoms with Crippen LogP contribution in [0.1, 0.15) is 55.7 Å². The Labute approximate surface area is 230 Å². The minimum Gasteiger partial charge on any atom is -0.493 e. The van der Waals surface area contributed by atoms with Gasteiger partial charge in [0.1, 0.15) is 11.6 Å². The van der Waals surface area contributed by atoms with Crippen molar-refractivity contribution in [3.8, 4) is 11.5 Å². The molecule has 3 heterocycles.